The number of hydrogen-bond acceptors (Lipinski definition) is 3. The second kappa shape index (κ2) is 5.02. The highest BCUT2D eigenvalue weighted by molar-refractivity contribution is 5.99. The molecular weight excluding hydrogens is 238 g/mol. The van der Waals surface area contributed by atoms with Gasteiger partial charge in [-0.15, -0.1) is 0 Å². The first kappa shape index (κ1) is 13.0. The number of nitrogens with two attached hydrogens (primary N) is 2. The lowest BCUT2D eigenvalue weighted by atomic mass is 10.1. The van der Waals surface area contributed by atoms with E-state index in [4.69, 9.17) is 11.5 Å². The fourth-order valence-corrected chi connectivity index (χ4v) is 1.96. The van der Waals surface area contributed by atoms with Gasteiger partial charge in [0.15, 0.2) is 0 Å². The molecule has 0 heterocycles. The molecule has 0 fully saturated rings. The van der Waals surface area contributed by atoms with Crippen LogP contribution in [-0.2, 0) is 0 Å². The maximum Gasteiger partial charge on any atom is 0.250 e. The third-order valence-corrected chi connectivity index (χ3v) is 2.98. The second-order valence-electron chi connectivity index (χ2n) is 4.61. The first-order valence-corrected chi connectivity index (χ1v) is 6.01. The Kier molecular flexibility index (Phi) is 3.42. The average molecular weight is 255 g/mol. The van der Waals surface area contributed by atoms with Crippen molar-refractivity contribution in [2.24, 2.45) is 5.73 Å². The highest BCUT2D eigenvalue weighted by atomic mass is 16.1. The fourth-order valence-electron chi connectivity index (χ4n) is 1.96. The standard InChI is InChI=1S/C15H17N3O/c1-9-3-6-14(10(2)7-9)18-11-4-5-13(16)12(8-11)15(17)19/h3-8,18H,16H2,1-2H3,(H2,17,19). The smallest absolute Gasteiger partial charge is 0.250 e. The number of hydrogen-bond donors (Lipinski definition) is 3. The third-order valence-electron chi connectivity index (χ3n) is 2.98. The number of amides is 1. The summed E-state index contributed by atoms with van der Waals surface area (Å²) in [6.07, 6.45) is 0. The Balaban J connectivity index is 2.33. The molecule has 4 heteroatoms. The van der Waals surface area contributed by atoms with Gasteiger partial charge in [0.05, 0.1) is 5.56 Å². The number of nitrogen functional groups attached to an aromatic ring is 1. The number of anilines is 3. The summed E-state index contributed by atoms with van der Waals surface area (Å²) in [4.78, 5) is 11.3. The van der Waals surface area contributed by atoms with Crippen LogP contribution in [0.3, 0.4) is 0 Å². The van der Waals surface area contributed by atoms with Crippen LogP contribution in [0.1, 0.15) is 21.5 Å². The van der Waals surface area contributed by atoms with Crippen LogP contribution >= 0.6 is 0 Å². The minimum atomic E-state index is -0.526. The van der Waals surface area contributed by atoms with E-state index in [1.807, 2.05) is 32.0 Å². The lowest BCUT2D eigenvalue weighted by Gasteiger charge is -2.12. The van der Waals surface area contributed by atoms with E-state index in [-0.39, 0.29) is 0 Å². The van der Waals surface area contributed by atoms with Gasteiger partial charge < -0.3 is 16.8 Å². The molecule has 0 aromatic heterocycles. The van der Waals surface area contributed by atoms with Crippen molar-refractivity contribution in [1.82, 2.24) is 0 Å². The molecular formula is C15H17N3O. The van der Waals surface area contributed by atoms with Crippen LogP contribution < -0.4 is 16.8 Å². The Hall–Kier alpha value is -2.49. The van der Waals surface area contributed by atoms with Crippen molar-refractivity contribution in [3.05, 3.63) is 53.1 Å². The average Bonchev–Trinajstić information content (AvgIpc) is 2.34. The molecule has 2 aromatic rings. The van der Waals surface area contributed by atoms with Gasteiger partial charge in [0.25, 0.3) is 5.91 Å². The van der Waals surface area contributed by atoms with Crippen LogP contribution in [0, 0.1) is 13.8 Å². The van der Waals surface area contributed by atoms with Crippen LogP contribution in [0.2, 0.25) is 0 Å². The number of carbonyl (C=O) groups excluding carboxylic acids is 1. The van der Waals surface area contributed by atoms with E-state index >= 15 is 0 Å². The van der Waals surface area contributed by atoms with Gasteiger partial charge in [-0.3, -0.25) is 4.79 Å². The van der Waals surface area contributed by atoms with E-state index in [1.165, 1.54) is 5.56 Å². The van der Waals surface area contributed by atoms with E-state index in [0.29, 0.717) is 11.3 Å². The predicted molar refractivity (Wildman–Crippen MR) is 78.6 cm³/mol. The summed E-state index contributed by atoms with van der Waals surface area (Å²) in [7, 11) is 0. The number of primary amides is 1. The largest absolute Gasteiger partial charge is 0.398 e. The molecule has 0 radical (unpaired) electrons. The molecule has 0 saturated heterocycles. The molecule has 98 valence electrons. The third kappa shape index (κ3) is 2.85. The van der Waals surface area contributed by atoms with Gasteiger partial charge >= 0.3 is 0 Å². The monoisotopic (exact) mass is 255 g/mol. The number of benzene rings is 2. The van der Waals surface area contributed by atoms with Crippen molar-refractivity contribution in [3.8, 4) is 0 Å². The molecule has 0 spiro atoms. The molecule has 0 atom stereocenters. The molecule has 0 unspecified atom stereocenters. The fraction of sp³-hybridized carbons (Fsp3) is 0.133. The van der Waals surface area contributed by atoms with Crippen LogP contribution in [0.5, 0.6) is 0 Å². The topological polar surface area (TPSA) is 81.1 Å². The van der Waals surface area contributed by atoms with Gasteiger partial charge in [-0.05, 0) is 43.7 Å². The minimum absolute atomic E-state index is 0.328. The van der Waals surface area contributed by atoms with Gasteiger partial charge in [-0.2, -0.15) is 0 Å². The highest BCUT2D eigenvalue weighted by Gasteiger charge is 2.07. The van der Waals surface area contributed by atoms with E-state index in [0.717, 1.165) is 16.9 Å². The number of rotatable bonds is 3. The van der Waals surface area contributed by atoms with Crippen molar-refractivity contribution in [2.75, 3.05) is 11.1 Å². The molecule has 0 bridgehead atoms. The number of nitrogens with one attached hydrogen (secondary N) is 1. The van der Waals surface area contributed by atoms with Gasteiger partial charge in [0.2, 0.25) is 0 Å². The molecule has 0 aliphatic heterocycles. The van der Waals surface area contributed by atoms with Crippen LogP contribution in [0.25, 0.3) is 0 Å². The van der Waals surface area contributed by atoms with Gasteiger partial charge in [0.1, 0.15) is 0 Å². The predicted octanol–water partition coefficient (Wildman–Crippen LogP) is 2.73. The highest BCUT2D eigenvalue weighted by Crippen LogP contribution is 2.24. The van der Waals surface area contributed by atoms with Gasteiger partial charge in [-0.25, -0.2) is 0 Å². The zero-order valence-electron chi connectivity index (χ0n) is 11.0. The minimum Gasteiger partial charge on any atom is -0.398 e. The SMILES string of the molecule is Cc1ccc(Nc2ccc(N)c(C(N)=O)c2)c(C)c1. The molecule has 4 nitrogen and oxygen atoms in total. The lowest BCUT2D eigenvalue weighted by Crippen LogP contribution is -2.13. The summed E-state index contributed by atoms with van der Waals surface area (Å²) in [5, 5.41) is 3.26. The van der Waals surface area contributed by atoms with Crippen molar-refractivity contribution >= 4 is 23.0 Å². The summed E-state index contributed by atoms with van der Waals surface area (Å²) in [5.74, 6) is -0.526. The van der Waals surface area contributed by atoms with Crippen molar-refractivity contribution in [2.45, 2.75) is 13.8 Å². The number of carbonyl (C=O) groups is 1. The molecule has 1 amide bonds. The Morgan fingerprint density at radius 2 is 1.84 bits per heavy atom. The first-order valence-electron chi connectivity index (χ1n) is 6.01. The maximum atomic E-state index is 11.3. The Bertz CT molecular complexity index is 635. The van der Waals surface area contributed by atoms with Gasteiger partial charge in [-0.1, -0.05) is 17.7 Å². The molecule has 0 aliphatic carbocycles. The second-order valence-corrected chi connectivity index (χ2v) is 4.61. The van der Waals surface area contributed by atoms with E-state index < -0.39 is 5.91 Å². The van der Waals surface area contributed by atoms with E-state index in [2.05, 4.69) is 11.4 Å². The molecule has 5 N–H and O–H groups in total. The van der Waals surface area contributed by atoms with Crippen molar-refractivity contribution in [1.29, 1.82) is 0 Å². The normalized spacial score (nSPS) is 10.2. The summed E-state index contributed by atoms with van der Waals surface area (Å²) in [6, 6.07) is 11.3. The quantitative estimate of drug-likeness (QED) is 0.737. The maximum absolute atomic E-state index is 11.3. The molecule has 0 saturated carbocycles. The summed E-state index contributed by atoms with van der Waals surface area (Å²) in [6.45, 7) is 4.08. The van der Waals surface area contributed by atoms with Crippen molar-refractivity contribution < 1.29 is 4.79 Å². The molecule has 19 heavy (non-hydrogen) atoms. The zero-order chi connectivity index (χ0) is 14.0. The van der Waals surface area contributed by atoms with Crippen LogP contribution in [-0.4, -0.2) is 5.91 Å². The molecule has 2 rings (SSSR count). The Morgan fingerprint density at radius 3 is 2.47 bits per heavy atom. The van der Waals surface area contributed by atoms with Crippen LogP contribution in [0.4, 0.5) is 17.1 Å². The Labute approximate surface area is 112 Å². The molecule has 0 aliphatic rings. The zero-order valence-corrected chi connectivity index (χ0v) is 11.0. The lowest BCUT2D eigenvalue weighted by molar-refractivity contribution is 0.100. The van der Waals surface area contributed by atoms with Crippen LogP contribution in [0.15, 0.2) is 36.4 Å². The summed E-state index contributed by atoms with van der Waals surface area (Å²) in [5.41, 5.74) is 15.8. The number of aryl methyl sites for hydroxylation is 2. The first-order chi connectivity index (χ1) is 8.97. The summed E-state index contributed by atoms with van der Waals surface area (Å²) < 4.78 is 0. The van der Waals surface area contributed by atoms with Gasteiger partial charge in [0, 0.05) is 17.1 Å². The van der Waals surface area contributed by atoms with E-state index in [1.54, 1.807) is 12.1 Å². The van der Waals surface area contributed by atoms with E-state index in [9.17, 15) is 4.79 Å². The van der Waals surface area contributed by atoms with Crippen molar-refractivity contribution in [3.63, 3.8) is 0 Å². The Morgan fingerprint density at radius 1 is 1.11 bits per heavy atom. The molecule has 2 aromatic carbocycles. The summed E-state index contributed by atoms with van der Waals surface area (Å²) >= 11 is 0.